The predicted octanol–water partition coefficient (Wildman–Crippen LogP) is 4.71. The van der Waals surface area contributed by atoms with Crippen LogP contribution in [0.4, 0.5) is 13.2 Å². The highest BCUT2D eigenvalue weighted by atomic mass is 19.4. The lowest BCUT2D eigenvalue weighted by Gasteiger charge is -2.35. The Kier molecular flexibility index (Phi) is 7.24. The molecule has 1 fully saturated rings. The van der Waals surface area contributed by atoms with Crippen molar-refractivity contribution in [3.63, 3.8) is 0 Å². The number of methoxy groups -OCH3 is 1. The van der Waals surface area contributed by atoms with Gasteiger partial charge in [0.1, 0.15) is 17.6 Å². The summed E-state index contributed by atoms with van der Waals surface area (Å²) in [5, 5.41) is 27.2. The van der Waals surface area contributed by atoms with Crippen molar-refractivity contribution in [2.24, 2.45) is 0 Å². The van der Waals surface area contributed by atoms with E-state index in [9.17, 15) is 28.3 Å². The molecule has 37 heavy (non-hydrogen) atoms. The molecule has 1 N–H and O–H groups in total. The van der Waals surface area contributed by atoms with Gasteiger partial charge in [-0.3, -0.25) is 0 Å². The van der Waals surface area contributed by atoms with Crippen LogP contribution in [0.1, 0.15) is 47.3 Å². The van der Waals surface area contributed by atoms with Gasteiger partial charge in [-0.25, -0.2) is 9.48 Å². The molecule has 1 aliphatic rings. The second kappa shape index (κ2) is 10.4. The molecule has 0 bridgehead atoms. The zero-order chi connectivity index (χ0) is 26.6. The molecule has 4 rings (SSSR count). The Labute approximate surface area is 210 Å². The fourth-order valence-electron chi connectivity index (χ4n) is 4.36. The molecule has 2 aromatic carbocycles. The van der Waals surface area contributed by atoms with E-state index < -0.39 is 23.9 Å². The summed E-state index contributed by atoms with van der Waals surface area (Å²) in [6.45, 7) is 0.223. The molecule has 194 valence electrons. The van der Waals surface area contributed by atoms with E-state index in [1.807, 2.05) is 12.1 Å². The molecule has 1 heterocycles. The van der Waals surface area contributed by atoms with Gasteiger partial charge in [-0.05, 0) is 61.1 Å². The van der Waals surface area contributed by atoms with E-state index in [-0.39, 0.29) is 23.9 Å². The number of carboxylic acids is 1. The minimum absolute atomic E-state index is 0.0198. The van der Waals surface area contributed by atoms with E-state index in [0.717, 1.165) is 5.56 Å². The quantitative estimate of drug-likeness (QED) is 0.457. The van der Waals surface area contributed by atoms with Crippen LogP contribution in [0, 0.1) is 11.3 Å². The maximum atomic E-state index is 12.5. The van der Waals surface area contributed by atoms with Gasteiger partial charge in [0.05, 0.1) is 25.1 Å². The van der Waals surface area contributed by atoms with Crippen LogP contribution in [-0.2, 0) is 12.0 Å². The molecular formula is C25H23F3N4O5. The SMILES string of the molecule is COc1ccc(Cn2nnc(C(=O)O)c2OC2CCC(C#N)(c3ccc(OC(F)(F)F)cc3)CC2)cc1. The van der Waals surface area contributed by atoms with Gasteiger partial charge in [0, 0.05) is 0 Å². The third-order valence-electron chi connectivity index (χ3n) is 6.30. The number of ether oxygens (including phenoxy) is 3. The summed E-state index contributed by atoms with van der Waals surface area (Å²) in [5.74, 6) is -0.943. The minimum Gasteiger partial charge on any atom is -0.497 e. The van der Waals surface area contributed by atoms with Crippen LogP contribution in [0.15, 0.2) is 48.5 Å². The van der Waals surface area contributed by atoms with Gasteiger partial charge in [0.15, 0.2) is 0 Å². The van der Waals surface area contributed by atoms with Gasteiger partial charge < -0.3 is 19.3 Å². The Morgan fingerprint density at radius 3 is 2.30 bits per heavy atom. The van der Waals surface area contributed by atoms with E-state index in [2.05, 4.69) is 21.1 Å². The molecule has 0 saturated heterocycles. The van der Waals surface area contributed by atoms with Gasteiger partial charge >= 0.3 is 12.3 Å². The van der Waals surface area contributed by atoms with Crippen molar-refractivity contribution >= 4 is 5.97 Å². The number of nitrogens with zero attached hydrogens (tertiary/aromatic N) is 4. The van der Waals surface area contributed by atoms with E-state index in [1.54, 1.807) is 19.2 Å². The second-order valence-electron chi connectivity index (χ2n) is 8.64. The lowest BCUT2D eigenvalue weighted by molar-refractivity contribution is -0.274. The first-order chi connectivity index (χ1) is 17.6. The first kappa shape index (κ1) is 25.8. The summed E-state index contributed by atoms with van der Waals surface area (Å²) in [6.07, 6.45) is -3.62. The van der Waals surface area contributed by atoms with Crippen molar-refractivity contribution in [1.82, 2.24) is 15.0 Å². The van der Waals surface area contributed by atoms with Crippen molar-refractivity contribution in [3.05, 3.63) is 65.4 Å². The number of halogens is 3. The molecule has 1 aromatic heterocycles. The van der Waals surface area contributed by atoms with Crippen LogP contribution in [0.25, 0.3) is 0 Å². The average Bonchev–Trinajstić information content (AvgIpc) is 3.27. The molecule has 0 radical (unpaired) electrons. The van der Waals surface area contributed by atoms with Gasteiger partial charge in [-0.2, -0.15) is 5.26 Å². The number of hydrogen-bond acceptors (Lipinski definition) is 7. The number of hydrogen-bond donors (Lipinski definition) is 1. The largest absolute Gasteiger partial charge is 0.573 e. The molecule has 3 aromatic rings. The zero-order valence-corrected chi connectivity index (χ0v) is 19.7. The number of aromatic nitrogens is 3. The summed E-state index contributed by atoms with van der Waals surface area (Å²) in [6, 6.07) is 14.8. The lowest BCUT2D eigenvalue weighted by atomic mass is 9.70. The van der Waals surface area contributed by atoms with Crippen LogP contribution >= 0.6 is 0 Å². The summed E-state index contributed by atoms with van der Waals surface area (Å²) in [5.41, 5.74) is 0.192. The van der Waals surface area contributed by atoms with Crippen molar-refractivity contribution in [3.8, 4) is 23.4 Å². The van der Waals surface area contributed by atoms with Crippen LogP contribution in [-0.4, -0.2) is 45.6 Å². The molecular weight excluding hydrogens is 493 g/mol. The summed E-state index contributed by atoms with van der Waals surface area (Å²) in [7, 11) is 1.56. The first-order valence-electron chi connectivity index (χ1n) is 11.4. The molecule has 0 atom stereocenters. The number of alkyl halides is 3. The highest BCUT2D eigenvalue weighted by molar-refractivity contribution is 5.87. The third kappa shape index (κ3) is 5.94. The predicted molar refractivity (Wildman–Crippen MR) is 122 cm³/mol. The molecule has 1 saturated carbocycles. The fraction of sp³-hybridized carbons (Fsp3) is 0.360. The Morgan fingerprint density at radius 2 is 1.76 bits per heavy atom. The smallest absolute Gasteiger partial charge is 0.497 e. The Morgan fingerprint density at radius 1 is 1.14 bits per heavy atom. The summed E-state index contributed by atoms with van der Waals surface area (Å²) in [4.78, 5) is 11.7. The molecule has 0 aliphatic heterocycles. The fourth-order valence-corrected chi connectivity index (χ4v) is 4.36. The van der Waals surface area contributed by atoms with Crippen molar-refractivity contribution in [1.29, 1.82) is 5.26 Å². The highest BCUT2D eigenvalue weighted by Gasteiger charge is 2.39. The molecule has 12 heteroatoms. The topological polar surface area (TPSA) is 119 Å². The summed E-state index contributed by atoms with van der Waals surface area (Å²) < 4.78 is 53.9. The number of carboxylic acid groups (broad SMARTS) is 1. The average molecular weight is 516 g/mol. The zero-order valence-electron chi connectivity index (χ0n) is 19.7. The van der Waals surface area contributed by atoms with E-state index in [0.29, 0.717) is 37.0 Å². The molecule has 0 spiro atoms. The molecule has 0 unspecified atom stereocenters. The van der Waals surface area contributed by atoms with Crippen molar-refractivity contribution < 1.29 is 37.3 Å². The Balaban J connectivity index is 1.47. The van der Waals surface area contributed by atoms with Crippen LogP contribution in [0.2, 0.25) is 0 Å². The molecule has 0 amide bonds. The van der Waals surface area contributed by atoms with Gasteiger partial charge in [-0.1, -0.05) is 29.5 Å². The minimum atomic E-state index is -4.80. The lowest BCUT2D eigenvalue weighted by Crippen LogP contribution is -2.35. The first-order valence-corrected chi connectivity index (χ1v) is 11.4. The van der Waals surface area contributed by atoms with E-state index in [1.165, 1.54) is 28.9 Å². The highest BCUT2D eigenvalue weighted by Crippen LogP contribution is 2.41. The van der Waals surface area contributed by atoms with Crippen molar-refractivity contribution in [2.45, 2.75) is 50.1 Å². The van der Waals surface area contributed by atoms with Gasteiger partial charge in [-0.15, -0.1) is 18.3 Å². The number of aromatic carboxylic acids is 1. The van der Waals surface area contributed by atoms with Crippen LogP contribution in [0.3, 0.4) is 0 Å². The van der Waals surface area contributed by atoms with E-state index >= 15 is 0 Å². The monoisotopic (exact) mass is 516 g/mol. The molecule has 1 aliphatic carbocycles. The standard InChI is InChI=1S/C25H23F3N4O5/c1-35-18-6-2-16(3-7-18)14-32-22(21(23(33)34)30-31-32)36-19-10-12-24(15-29,13-11-19)17-4-8-20(9-5-17)37-25(26,27)28/h2-9,19H,10-14H2,1H3,(H,33,34). The molecule has 9 nitrogen and oxygen atoms in total. The summed E-state index contributed by atoms with van der Waals surface area (Å²) >= 11 is 0. The maximum absolute atomic E-state index is 12.5. The van der Waals surface area contributed by atoms with Gasteiger partial charge in [0.25, 0.3) is 0 Å². The van der Waals surface area contributed by atoms with Crippen LogP contribution < -0.4 is 14.2 Å². The number of carbonyl (C=O) groups is 1. The maximum Gasteiger partial charge on any atom is 0.573 e. The Bertz CT molecular complexity index is 1280. The van der Waals surface area contributed by atoms with E-state index in [4.69, 9.17) is 9.47 Å². The van der Waals surface area contributed by atoms with Crippen LogP contribution in [0.5, 0.6) is 17.4 Å². The van der Waals surface area contributed by atoms with Crippen molar-refractivity contribution in [2.75, 3.05) is 7.11 Å². The van der Waals surface area contributed by atoms with Gasteiger partial charge in [0.2, 0.25) is 11.6 Å². The number of benzene rings is 2. The third-order valence-corrected chi connectivity index (χ3v) is 6.30. The second-order valence-corrected chi connectivity index (χ2v) is 8.64. The normalized spacial score (nSPS) is 19.6. The number of rotatable bonds is 8. The Hall–Kier alpha value is -4.27. The number of nitriles is 1.